The maximum absolute atomic E-state index is 12.7. The number of hydrogen-bond donors (Lipinski definition) is 1. The van der Waals surface area contributed by atoms with Crippen LogP contribution in [0, 0.1) is 0 Å². The molecule has 2 amide bonds. The van der Waals surface area contributed by atoms with E-state index in [0.29, 0.717) is 31.4 Å². The molecule has 1 N–H and O–H groups in total. The van der Waals surface area contributed by atoms with Crippen LogP contribution in [0.25, 0.3) is 11.0 Å². The summed E-state index contributed by atoms with van der Waals surface area (Å²) in [6.07, 6.45) is 3.98. The van der Waals surface area contributed by atoms with Gasteiger partial charge in [0.15, 0.2) is 5.82 Å². The topological polar surface area (TPSA) is 87.6 Å². The third-order valence-corrected chi connectivity index (χ3v) is 5.61. The first-order valence-electron chi connectivity index (χ1n) is 9.70. The average molecular weight is 381 g/mol. The van der Waals surface area contributed by atoms with Crippen LogP contribution in [0.2, 0.25) is 0 Å². The number of carbonyl (C=O) groups excluding carboxylic acids is 1. The van der Waals surface area contributed by atoms with Crippen LogP contribution in [-0.4, -0.2) is 52.7 Å². The van der Waals surface area contributed by atoms with Crippen molar-refractivity contribution in [3.05, 3.63) is 47.8 Å². The van der Waals surface area contributed by atoms with E-state index < -0.39 is 0 Å². The van der Waals surface area contributed by atoms with E-state index in [1.54, 1.807) is 6.26 Å². The van der Waals surface area contributed by atoms with Crippen molar-refractivity contribution in [1.82, 2.24) is 25.3 Å². The van der Waals surface area contributed by atoms with E-state index in [0.717, 1.165) is 41.7 Å². The fourth-order valence-corrected chi connectivity index (χ4v) is 3.67. The van der Waals surface area contributed by atoms with Crippen molar-refractivity contribution in [1.29, 1.82) is 0 Å². The number of urea groups is 1. The lowest BCUT2D eigenvalue weighted by atomic mass is 10.1. The Kier molecular flexibility index (Phi) is 4.27. The maximum Gasteiger partial charge on any atom is 0.317 e. The van der Waals surface area contributed by atoms with Crippen LogP contribution >= 0.6 is 0 Å². The van der Waals surface area contributed by atoms with Crippen molar-refractivity contribution in [2.75, 3.05) is 26.7 Å². The molecule has 3 heterocycles. The Bertz CT molecular complexity index is 993. The van der Waals surface area contributed by atoms with Crippen LogP contribution in [0.4, 0.5) is 4.79 Å². The zero-order valence-corrected chi connectivity index (χ0v) is 15.8. The Morgan fingerprint density at radius 1 is 1.29 bits per heavy atom. The van der Waals surface area contributed by atoms with Crippen molar-refractivity contribution >= 4 is 17.0 Å². The second kappa shape index (κ2) is 6.94. The van der Waals surface area contributed by atoms with Gasteiger partial charge in [0.05, 0.1) is 6.26 Å². The smallest absolute Gasteiger partial charge is 0.317 e. The molecule has 2 aromatic heterocycles. The Balaban J connectivity index is 1.24. The van der Waals surface area contributed by atoms with E-state index in [1.807, 2.05) is 36.2 Å². The van der Waals surface area contributed by atoms with Gasteiger partial charge in [-0.15, -0.1) is 0 Å². The lowest BCUT2D eigenvalue weighted by molar-refractivity contribution is 0.0910. The highest BCUT2D eigenvalue weighted by Crippen LogP contribution is 2.38. The minimum absolute atomic E-state index is 0.0748. The van der Waals surface area contributed by atoms with Crippen LogP contribution < -0.4 is 5.32 Å². The summed E-state index contributed by atoms with van der Waals surface area (Å²) < 4.78 is 11.0. The summed E-state index contributed by atoms with van der Waals surface area (Å²) in [5, 5.41) is 8.15. The number of nitrogens with zero attached hydrogens (tertiary/aromatic N) is 4. The van der Waals surface area contributed by atoms with Crippen LogP contribution in [0.1, 0.15) is 42.1 Å². The molecule has 1 unspecified atom stereocenters. The van der Waals surface area contributed by atoms with Gasteiger partial charge in [0, 0.05) is 43.0 Å². The summed E-state index contributed by atoms with van der Waals surface area (Å²) in [4.78, 5) is 21.3. The van der Waals surface area contributed by atoms with Gasteiger partial charge in [-0.3, -0.25) is 4.90 Å². The molecular formula is C20H23N5O3. The summed E-state index contributed by atoms with van der Waals surface area (Å²) in [7, 11) is 2.03. The lowest BCUT2D eigenvalue weighted by Crippen LogP contribution is -2.52. The molecular weight excluding hydrogens is 358 g/mol. The van der Waals surface area contributed by atoms with E-state index in [1.165, 1.54) is 0 Å². The number of benzene rings is 1. The van der Waals surface area contributed by atoms with Gasteiger partial charge >= 0.3 is 6.03 Å². The number of nitrogens with one attached hydrogen (secondary N) is 1. The van der Waals surface area contributed by atoms with Gasteiger partial charge < -0.3 is 19.2 Å². The number of piperazine rings is 1. The second-order valence-corrected chi connectivity index (χ2v) is 7.62. The molecule has 1 saturated carbocycles. The molecule has 1 aliphatic carbocycles. The molecule has 1 atom stereocenters. The lowest BCUT2D eigenvalue weighted by Gasteiger charge is -2.37. The highest BCUT2D eigenvalue weighted by atomic mass is 16.5. The summed E-state index contributed by atoms with van der Waals surface area (Å²) in [6, 6.07) is 7.66. The molecule has 3 aromatic rings. The van der Waals surface area contributed by atoms with Crippen molar-refractivity contribution in [2.45, 2.75) is 31.3 Å². The van der Waals surface area contributed by atoms with Crippen molar-refractivity contribution in [3.63, 3.8) is 0 Å². The van der Waals surface area contributed by atoms with Crippen molar-refractivity contribution < 1.29 is 13.7 Å². The third kappa shape index (κ3) is 3.24. The van der Waals surface area contributed by atoms with E-state index in [-0.39, 0.29) is 12.1 Å². The quantitative estimate of drug-likeness (QED) is 0.748. The Morgan fingerprint density at radius 2 is 2.14 bits per heavy atom. The second-order valence-electron chi connectivity index (χ2n) is 7.62. The summed E-state index contributed by atoms with van der Waals surface area (Å²) >= 11 is 0. The molecule has 0 radical (unpaired) electrons. The first kappa shape index (κ1) is 17.2. The highest BCUT2D eigenvalue weighted by Gasteiger charge is 2.35. The molecule has 2 fully saturated rings. The number of hydrogen-bond acceptors (Lipinski definition) is 6. The zero-order valence-electron chi connectivity index (χ0n) is 15.8. The van der Waals surface area contributed by atoms with Crippen LogP contribution in [0.15, 0.2) is 39.5 Å². The SMILES string of the molecule is CN1CCN(C(=O)NCc2coc3ccccc23)CC1c1nc(C2CC2)no1. The number of furan rings is 1. The summed E-state index contributed by atoms with van der Waals surface area (Å²) in [6.45, 7) is 2.38. The van der Waals surface area contributed by atoms with Gasteiger partial charge in [0.2, 0.25) is 5.89 Å². The molecule has 1 aromatic carbocycles. The number of fused-ring (bicyclic) bond motifs is 1. The zero-order chi connectivity index (χ0) is 19.1. The van der Waals surface area contributed by atoms with E-state index >= 15 is 0 Å². The van der Waals surface area contributed by atoms with Crippen molar-refractivity contribution in [3.8, 4) is 0 Å². The van der Waals surface area contributed by atoms with Gasteiger partial charge in [-0.25, -0.2) is 4.79 Å². The fourth-order valence-electron chi connectivity index (χ4n) is 3.67. The number of likely N-dealkylation sites (N-methyl/N-ethyl adjacent to an activating group) is 1. The first-order valence-corrected chi connectivity index (χ1v) is 9.70. The minimum atomic E-state index is -0.0923. The Labute approximate surface area is 162 Å². The molecule has 2 aliphatic rings. The molecule has 8 nitrogen and oxygen atoms in total. The van der Waals surface area contributed by atoms with Crippen LogP contribution in [0.3, 0.4) is 0 Å². The number of amides is 2. The monoisotopic (exact) mass is 381 g/mol. The minimum Gasteiger partial charge on any atom is -0.464 e. The maximum atomic E-state index is 12.7. The largest absolute Gasteiger partial charge is 0.464 e. The normalized spacial score (nSPS) is 20.6. The molecule has 1 saturated heterocycles. The Hall–Kier alpha value is -2.87. The average Bonchev–Trinajstić information content (AvgIpc) is 3.31. The van der Waals surface area contributed by atoms with Gasteiger partial charge in [-0.05, 0) is 26.0 Å². The molecule has 1 aliphatic heterocycles. The number of aromatic nitrogens is 2. The number of rotatable bonds is 4. The van der Waals surface area contributed by atoms with E-state index in [2.05, 4.69) is 20.4 Å². The third-order valence-electron chi connectivity index (χ3n) is 5.61. The number of carbonyl (C=O) groups is 1. The molecule has 5 rings (SSSR count). The van der Waals surface area contributed by atoms with Crippen LogP contribution in [0.5, 0.6) is 0 Å². The predicted octanol–water partition coefficient (Wildman–Crippen LogP) is 2.89. The van der Waals surface area contributed by atoms with Crippen LogP contribution in [-0.2, 0) is 6.54 Å². The van der Waals surface area contributed by atoms with E-state index in [9.17, 15) is 4.79 Å². The molecule has 146 valence electrons. The van der Waals surface area contributed by atoms with Gasteiger partial charge in [-0.2, -0.15) is 4.98 Å². The molecule has 0 spiro atoms. The first-order chi connectivity index (χ1) is 13.7. The fraction of sp³-hybridized carbons (Fsp3) is 0.450. The Morgan fingerprint density at radius 3 is 3.00 bits per heavy atom. The summed E-state index contributed by atoms with van der Waals surface area (Å²) in [5.74, 6) is 1.86. The highest BCUT2D eigenvalue weighted by molar-refractivity contribution is 5.81. The number of para-hydroxylation sites is 1. The van der Waals surface area contributed by atoms with Gasteiger partial charge in [-0.1, -0.05) is 23.4 Å². The molecule has 28 heavy (non-hydrogen) atoms. The predicted molar refractivity (Wildman–Crippen MR) is 102 cm³/mol. The van der Waals surface area contributed by atoms with Gasteiger partial charge in [0.25, 0.3) is 0 Å². The van der Waals surface area contributed by atoms with E-state index in [4.69, 9.17) is 8.94 Å². The van der Waals surface area contributed by atoms with Crippen molar-refractivity contribution in [2.24, 2.45) is 0 Å². The standard InChI is InChI=1S/C20H23N5O3/c1-24-8-9-25(11-16(24)19-22-18(23-28-19)13-6-7-13)20(26)21-10-14-12-27-17-5-3-2-4-15(14)17/h2-5,12-13,16H,6-11H2,1H3,(H,21,26). The summed E-state index contributed by atoms with van der Waals surface area (Å²) in [5.41, 5.74) is 1.80. The molecule has 8 heteroatoms. The molecule has 0 bridgehead atoms. The van der Waals surface area contributed by atoms with Gasteiger partial charge in [0.1, 0.15) is 11.6 Å².